The second-order valence-electron chi connectivity index (χ2n) is 11.0. The molecule has 2 unspecified atom stereocenters. The molecule has 4 rings (SSSR count). The number of carbonyl (C=O) groups is 1. The van der Waals surface area contributed by atoms with Crippen LogP contribution in [0, 0.1) is 23.7 Å². The lowest BCUT2D eigenvalue weighted by Crippen LogP contribution is -2.22. The lowest BCUT2D eigenvalue weighted by Gasteiger charge is -2.27. The Labute approximate surface area is 226 Å². The number of allylic oxidation sites excluding steroid dienone is 1. The first-order valence-corrected chi connectivity index (χ1v) is 13.6. The second kappa shape index (κ2) is 12.3. The lowest BCUT2D eigenvalue weighted by molar-refractivity contribution is -0.132. The van der Waals surface area contributed by atoms with Gasteiger partial charge in [0.05, 0.1) is 17.0 Å². The van der Waals surface area contributed by atoms with Gasteiger partial charge in [-0.15, -0.1) is 0 Å². The number of hydrazine groups is 1. The van der Waals surface area contributed by atoms with Crippen LogP contribution in [0.2, 0.25) is 0 Å². The van der Waals surface area contributed by atoms with Crippen LogP contribution in [0.15, 0.2) is 77.2 Å². The summed E-state index contributed by atoms with van der Waals surface area (Å²) >= 11 is 0. The number of carboxylic acids is 1. The molecule has 3 atom stereocenters. The Kier molecular flexibility index (Phi) is 8.89. The van der Waals surface area contributed by atoms with Gasteiger partial charge in [0.1, 0.15) is 0 Å². The molecule has 38 heavy (non-hydrogen) atoms. The van der Waals surface area contributed by atoms with Gasteiger partial charge < -0.3 is 21.6 Å². The van der Waals surface area contributed by atoms with E-state index in [1.165, 1.54) is 42.7 Å². The molecule has 0 aromatic heterocycles. The van der Waals surface area contributed by atoms with Crippen molar-refractivity contribution in [3.63, 3.8) is 0 Å². The van der Waals surface area contributed by atoms with E-state index >= 15 is 0 Å². The van der Waals surface area contributed by atoms with Gasteiger partial charge in [-0.3, -0.25) is 4.99 Å². The fourth-order valence-electron chi connectivity index (χ4n) is 5.82. The van der Waals surface area contributed by atoms with Gasteiger partial charge in [0.2, 0.25) is 0 Å². The second-order valence-corrected chi connectivity index (χ2v) is 11.0. The molecule has 2 aromatic rings. The summed E-state index contributed by atoms with van der Waals surface area (Å²) in [4.78, 5) is 16.8. The third-order valence-corrected chi connectivity index (χ3v) is 7.96. The van der Waals surface area contributed by atoms with E-state index < -0.39 is 5.97 Å². The first-order chi connectivity index (χ1) is 18.3. The normalized spacial score (nSPS) is 21.7. The minimum atomic E-state index is -1.11. The highest BCUT2D eigenvalue weighted by molar-refractivity contribution is 6.21. The Bertz CT molecular complexity index is 1230. The quantitative estimate of drug-likeness (QED) is 0.146. The predicted octanol–water partition coefficient (Wildman–Crippen LogP) is 5.35. The fourth-order valence-corrected chi connectivity index (χ4v) is 5.82. The fraction of sp³-hybridized carbons (Fsp3) is 0.419. The molecule has 0 radical (unpaired) electrons. The smallest absolute Gasteiger partial charge is 0.339 e. The van der Waals surface area contributed by atoms with Crippen LogP contribution < -0.4 is 17.3 Å². The Morgan fingerprint density at radius 3 is 2.45 bits per heavy atom. The number of hydrogen-bond donors (Lipinski definition) is 4. The molecule has 2 aliphatic carbocycles. The van der Waals surface area contributed by atoms with E-state index in [0.29, 0.717) is 29.4 Å². The summed E-state index contributed by atoms with van der Waals surface area (Å²) in [5, 5.41) is 11.2. The van der Waals surface area contributed by atoms with Crippen molar-refractivity contribution in [3.05, 3.63) is 77.8 Å². The summed E-state index contributed by atoms with van der Waals surface area (Å²) in [6, 6.07) is 16.6. The van der Waals surface area contributed by atoms with Crippen LogP contribution >= 0.6 is 0 Å². The van der Waals surface area contributed by atoms with Gasteiger partial charge in [-0.25, -0.2) is 10.6 Å². The Hall–Kier alpha value is -3.58. The van der Waals surface area contributed by atoms with Crippen LogP contribution in [0.3, 0.4) is 0 Å². The van der Waals surface area contributed by atoms with Crippen molar-refractivity contribution in [1.82, 2.24) is 5.01 Å². The number of nitrogens with two attached hydrogens (primary N) is 3. The predicted molar refractivity (Wildman–Crippen MR) is 154 cm³/mol. The topological polar surface area (TPSA) is 131 Å². The lowest BCUT2D eigenvalue weighted by atomic mass is 9.78. The molecule has 2 aliphatic rings. The maximum Gasteiger partial charge on any atom is 0.339 e. The van der Waals surface area contributed by atoms with Gasteiger partial charge in [-0.1, -0.05) is 75.4 Å². The number of nitrogens with zero attached hydrogens (tertiary/aromatic N) is 2. The molecule has 2 aromatic carbocycles. The van der Waals surface area contributed by atoms with Crippen LogP contribution in [-0.2, 0) is 11.2 Å². The third kappa shape index (κ3) is 6.84. The highest BCUT2D eigenvalue weighted by Gasteiger charge is 2.45. The average molecular weight is 516 g/mol. The van der Waals surface area contributed by atoms with E-state index in [1.807, 2.05) is 18.2 Å². The van der Waals surface area contributed by atoms with Gasteiger partial charge in [-0.05, 0) is 53.5 Å². The molecule has 2 fully saturated rings. The first-order valence-electron chi connectivity index (χ1n) is 13.6. The maximum absolute atomic E-state index is 12.0. The molecule has 0 spiro atoms. The molecule has 7 heteroatoms. The summed E-state index contributed by atoms with van der Waals surface area (Å²) < 4.78 is 0. The highest BCUT2D eigenvalue weighted by atomic mass is 16.4. The number of aliphatic imine (C=N–C) groups is 1. The van der Waals surface area contributed by atoms with Gasteiger partial charge in [-0.2, -0.15) is 0 Å². The largest absolute Gasteiger partial charge is 0.478 e. The molecule has 7 N–H and O–H groups in total. The van der Waals surface area contributed by atoms with Crippen LogP contribution in [0.1, 0.15) is 51.0 Å². The minimum Gasteiger partial charge on any atom is -0.478 e. The maximum atomic E-state index is 12.0. The molecule has 0 aliphatic heterocycles. The van der Waals surface area contributed by atoms with Crippen molar-refractivity contribution in [1.29, 1.82) is 0 Å². The van der Waals surface area contributed by atoms with E-state index in [1.54, 1.807) is 13.2 Å². The van der Waals surface area contributed by atoms with Crippen molar-refractivity contribution in [3.8, 4) is 11.1 Å². The van der Waals surface area contributed by atoms with Crippen LogP contribution in [0.25, 0.3) is 11.1 Å². The SMILES string of the molecule is CC(Cc1cccc(-c2cccc(N=C(C(=CN)C(=O)O)[C@@H]3CC3/C(N)=C/N(C)N)c2)c1)C1CCCCC1. The molecule has 2 saturated carbocycles. The zero-order valence-corrected chi connectivity index (χ0v) is 22.5. The summed E-state index contributed by atoms with van der Waals surface area (Å²) in [7, 11) is 1.69. The molecule has 202 valence electrons. The number of rotatable bonds is 10. The van der Waals surface area contributed by atoms with Crippen LogP contribution in [0.4, 0.5) is 5.69 Å². The molecule has 0 amide bonds. The van der Waals surface area contributed by atoms with Crippen molar-refractivity contribution >= 4 is 17.4 Å². The number of aliphatic carboxylic acids is 1. The third-order valence-electron chi connectivity index (χ3n) is 7.96. The summed E-state index contributed by atoms with van der Waals surface area (Å²) in [6.45, 7) is 2.39. The van der Waals surface area contributed by atoms with Crippen LogP contribution in [0.5, 0.6) is 0 Å². The monoisotopic (exact) mass is 515 g/mol. The molecule has 0 bridgehead atoms. The van der Waals surface area contributed by atoms with E-state index in [0.717, 1.165) is 29.7 Å². The van der Waals surface area contributed by atoms with E-state index in [9.17, 15) is 9.90 Å². The zero-order chi connectivity index (χ0) is 27.2. The van der Waals surface area contributed by atoms with E-state index in [-0.39, 0.29) is 17.4 Å². The number of hydrogen-bond acceptors (Lipinski definition) is 6. The van der Waals surface area contributed by atoms with E-state index in [2.05, 4.69) is 37.3 Å². The van der Waals surface area contributed by atoms with Gasteiger partial charge in [0, 0.05) is 37.0 Å². The summed E-state index contributed by atoms with van der Waals surface area (Å²) in [6.07, 6.45) is 11.4. The average Bonchev–Trinajstić information content (AvgIpc) is 3.70. The summed E-state index contributed by atoms with van der Waals surface area (Å²) in [5.74, 6) is 5.94. The molecule has 0 saturated heterocycles. The molecule has 0 heterocycles. The Balaban J connectivity index is 1.59. The Morgan fingerprint density at radius 1 is 1.11 bits per heavy atom. The van der Waals surface area contributed by atoms with Crippen LogP contribution in [-0.4, -0.2) is 28.8 Å². The van der Waals surface area contributed by atoms with Crippen molar-refractivity contribution in [2.45, 2.75) is 51.9 Å². The first kappa shape index (κ1) is 27.5. The van der Waals surface area contributed by atoms with E-state index in [4.69, 9.17) is 22.3 Å². The minimum absolute atomic E-state index is 0.00416. The van der Waals surface area contributed by atoms with Gasteiger partial charge >= 0.3 is 5.97 Å². The molecular formula is C31H41N5O2. The zero-order valence-electron chi connectivity index (χ0n) is 22.5. The molecular weight excluding hydrogens is 474 g/mol. The number of benzene rings is 2. The number of carboxylic acid groups (broad SMARTS) is 1. The van der Waals surface area contributed by atoms with Crippen molar-refractivity contribution < 1.29 is 9.90 Å². The van der Waals surface area contributed by atoms with Crippen molar-refractivity contribution in [2.75, 3.05) is 7.05 Å². The Morgan fingerprint density at radius 2 is 1.79 bits per heavy atom. The van der Waals surface area contributed by atoms with Gasteiger partial charge in [0.25, 0.3) is 0 Å². The van der Waals surface area contributed by atoms with Gasteiger partial charge in [0.15, 0.2) is 0 Å². The summed E-state index contributed by atoms with van der Waals surface area (Å²) in [5.41, 5.74) is 17.2. The highest BCUT2D eigenvalue weighted by Crippen LogP contribution is 2.45. The van der Waals surface area contributed by atoms with Crippen molar-refractivity contribution in [2.24, 2.45) is 46.0 Å². The standard InChI is InChI=1S/C31H41N5O2/c1-20(22-9-4-3-5-10-22)14-21-8-6-11-23(15-21)24-12-7-13-25(16-24)35-30(28(18-32)31(37)38)27-17-26(27)29(33)19-36(2)34/h6-8,11-13,15-16,18-20,22,26-27H,3-5,9-10,14,17,32-34H2,1-2H3,(H,37,38)/b28-18?,29-19-,35-30?/t20?,26?,27-/m1/s1. The molecule has 7 nitrogen and oxygen atoms in total.